The summed E-state index contributed by atoms with van der Waals surface area (Å²) in [7, 11) is 0. The number of carbonyl (C=O) groups is 1. The summed E-state index contributed by atoms with van der Waals surface area (Å²) in [4.78, 5) is 11.3. The Morgan fingerprint density at radius 1 is 1.50 bits per heavy atom. The van der Waals surface area contributed by atoms with Crippen LogP contribution in [0.4, 0.5) is 0 Å². The molecule has 0 N–H and O–H groups in total. The van der Waals surface area contributed by atoms with E-state index in [-0.39, 0.29) is 11.4 Å². The molecule has 0 rings (SSSR count). The molecule has 0 aromatic carbocycles. The molecule has 0 saturated heterocycles. The van der Waals surface area contributed by atoms with Crippen LogP contribution >= 0.6 is 12.6 Å². The van der Waals surface area contributed by atoms with E-state index in [9.17, 15) is 4.79 Å². The molecule has 0 amide bonds. The van der Waals surface area contributed by atoms with Crippen LogP contribution in [0.15, 0.2) is 0 Å². The molecule has 0 saturated carbocycles. The van der Waals surface area contributed by atoms with Crippen LogP contribution in [0.25, 0.3) is 0 Å². The predicted octanol–water partition coefficient (Wildman–Crippen LogP) is 2.29. The standard InChI is InChI=1S/C9H18O2S/c1-4-11-8(10)9(2,3)6-5-7-12/h12H,4-7H2,1-3H3. The summed E-state index contributed by atoms with van der Waals surface area (Å²) in [5.41, 5.74) is -0.348. The Morgan fingerprint density at radius 2 is 2.08 bits per heavy atom. The number of ether oxygens (including phenoxy) is 1. The molecule has 72 valence electrons. The molecule has 0 aliphatic carbocycles. The lowest BCUT2D eigenvalue weighted by Crippen LogP contribution is -2.26. The molecule has 0 fully saturated rings. The summed E-state index contributed by atoms with van der Waals surface area (Å²) in [6, 6.07) is 0. The van der Waals surface area contributed by atoms with Gasteiger partial charge in [0, 0.05) is 0 Å². The van der Waals surface area contributed by atoms with Crippen molar-refractivity contribution in [1.29, 1.82) is 0 Å². The summed E-state index contributed by atoms with van der Waals surface area (Å²) in [6.07, 6.45) is 1.80. The third-order valence-electron chi connectivity index (χ3n) is 1.79. The predicted molar refractivity (Wildman–Crippen MR) is 53.5 cm³/mol. The lowest BCUT2D eigenvalue weighted by molar-refractivity contribution is -0.153. The first-order valence-corrected chi connectivity index (χ1v) is 4.96. The molecule has 12 heavy (non-hydrogen) atoms. The van der Waals surface area contributed by atoms with Gasteiger partial charge in [-0.15, -0.1) is 0 Å². The van der Waals surface area contributed by atoms with Gasteiger partial charge in [0.05, 0.1) is 12.0 Å². The molecule has 0 aromatic heterocycles. The molecule has 0 heterocycles. The molecule has 0 aliphatic heterocycles. The van der Waals surface area contributed by atoms with E-state index in [1.165, 1.54) is 0 Å². The lowest BCUT2D eigenvalue weighted by atomic mass is 9.88. The van der Waals surface area contributed by atoms with Crippen molar-refractivity contribution < 1.29 is 9.53 Å². The van der Waals surface area contributed by atoms with E-state index in [4.69, 9.17) is 4.74 Å². The number of hydrogen-bond acceptors (Lipinski definition) is 3. The first-order valence-electron chi connectivity index (χ1n) is 4.32. The largest absolute Gasteiger partial charge is 0.466 e. The molecule has 0 spiro atoms. The molecule has 0 radical (unpaired) electrons. The summed E-state index contributed by atoms with van der Waals surface area (Å²) < 4.78 is 4.94. The van der Waals surface area contributed by atoms with Crippen LogP contribution in [0, 0.1) is 5.41 Å². The fourth-order valence-corrected chi connectivity index (χ4v) is 1.11. The van der Waals surface area contributed by atoms with Gasteiger partial charge in [-0.25, -0.2) is 0 Å². The minimum absolute atomic E-state index is 0.105. The highest BCUT2D eigenvalue weighted by molar-refractivity contribution is 7.80. The van der Waals surface area contributed by atoms with Gasteiger partial charge < -0.3 is 4.74 Å². The number of hydrogen-bond donors (Lipinski definition) is 1. The van der Waals surface area contributed by atoms with Gasteiger partial charge in [0.1, 0.15) is 0 Å². The summed E-state index contributed by atoms with van der Waals surface area (Å²) in [6.45, 7) is 6.11. The van der Waals surface area contributed by atoms with Gasteiger partial charge in [0.15, 0.2) is 0 Å². The molecular formula is C9H18O2S. The Hall–Kier alpha value is -0.180. The Kier molecular flexibility index (Phi) is 5.38. The van der Waals surface area contributed by atoms with Crippen LogP contribution in [-0.4, -0.2) is 18.3 Å². The van der Waals surface area contributed by atoms with Crippen LogP contribution in [-0.2, 0) is 9.53 Å². The topological polar surface area (TPSA) is 26.3 Å². The average molecular weight is 190 g/mol. The SMILES string of the molecule is CCOC(=O)C(C)(C)CCCS. The Bertz CT molecular complexity index is 143. The Labute approximate surface area is 80.1 Å². The van der Waals surface area contributed by atoms with Gasteiger partial charge in [0.2, 0.25) is 0 Å². The maximum Gasteiger partial charge on any atom is 0.311 e. The van der Waals surface area contributed by atoms with Crippen LogP contribution in [0.2, 0.25) is 0 Å². The monoisotopic (exact) mass is 190 g/mol. The number of thiol groups is 1. The summed E-state index contributed by atoms with van der Waals surface area (Å²) in [5, 5.41) is 0. The van der Waals surface area contributed by atoms with Gasteiger partial charge >= 0.3 is 5.97 Å². The molecule has 0 unspecified atom stereocenters. The van der Waals surface area contributed by atoms with Crippen LogP contribution < -0.4 is 0 Å². The van der Waals surface area contributed by atoms with Crippen LogP contribution in [0.5, 0.6) is 0 Å². The van der Waals surface area contributed by atoms with E-state index in [0.29, 0.717) is 6.61 Å². The third kappa shape index (κ3) is 4.00. The molecule has 3 heteroatoms. The van der Waals surface area contributed by atoms with E-state index >= 15 is 0 Å². The van der Waals surface area contributed by atoms with Crippen molar-refractivity contribution in [2.45, 2.75) is 33.6 Å². The third-order valence-corrected chi connectivity index (χ3v) is 2.10. The number of rotatable bonds is 5. The first kappa shape index (κ1) is 11.8. The van der Waals surface area contributed by atoms with Crippen molar-refractivity contribution in [3.05, 3.63) is 0 Å². The normalized spacial score (nSPS) is 11.3. The van der Waals surface area contributed by atoms with E-state index in [1.807, 2.05) is 20.8 Å². The minimum atomic E-state index is -0.348. The van der Waals surface area contributed by atoms with E-state index in [1.54, 1.807) is 0 Å². The zero-order chi connectivity index (χ0) is 9.61. The maximum absolute atomic E-state index is 11.3. The molecule has 0 aromatic rings. The molecule has 0 atom stereocenters. The minimum Gasteiger partial charge on any atom is -0.466 e. The van der Waals surface area contributed by atoms with Crippen molar-refractivity contribution in [1.82, 2.24) is 0 Å². The van der Waals surface area contributed by atoms with Crippen LogP contribution in [0.1, 0.15) is 33.6 Å². The van der Waals surface area contributed by atoms with Gasteiger partial charge in [-0.1, -0.05) is 0 Å². The Morgan fingerprint density at radius 3 is 2.50 bits per heavy atom. The second-order valence-corrected chi connectivity index (χ2v) is 3.88. The first-order chi connectivity index (χ1) is 5.54. The summed E-state index contributed by atoms with van der Waals surface area (Å²) >= 11 is 4.10. The molecule has 2 nitrogen and oxygen atoms in total. The molecule has 0 bridgehead atoms. The van der Waals surface area contributed by atoms with Gasteiger partial charge in [-0.05, 0) is 39.4 Å². The Balaban J connectivity index is 3.90. The highest BCUT2D eigenvalue weighted by Crippen LogP contribution is 2.24. The fourth-order valence-electron chi connectivity index (χ4n) is 0.950. The van der Waals surface area contributed by atoms with Crippen molar-refractivity contribution in [2.75, 3.05) is 12.4 Å². The van der Waals surface area contributed by atoms with Crippen LogP contribution in [0.3, 0.4) is 0 Å². The summed E-state index contributed by atoms with van der Waals surface area (Å²) in [5.74, 6) is 0.717. The second-order valence-electron chi connectivity index (χ2n) is 3.43. The second kappa shape index (κ2) is 5.46. The zero-order valence-electron chi connectivity index (χ0n) is 8.09. The fraction of sp³-hybridized carbons (Fsp3) is 0.889. The average Bonchev–Trinajstić information content (AvgIpc) is 2.01. The van der Waals surface area contributed by atoms with Crippen molar-refractivity contribution >= 4 is 18.6 Å². The number of esters is 1. The highest BCUT2D eigenvalue weighted by Gasteiger charge is 2.27. The highest BCUT2D eigenvalue weighted by atomic mass is 32.1. The molecular weight excluding hydrogens is 172 g/mol. The van der Waals surface area contributed by atoms with Gasteiger partial charge in [0.25, 0.3) is 0 Å². The van der Waals surface area contributed by atoms with Crippen molar-refractivity contribution in [3.8, 4) is 0 Å². The molecule has 0 aliphatic rings. The number of carbonyl (C=O) groups excluding carboxylic acids is 1. The smallest absolute Gasteiger partial charge is 0.311 e. The van der Waals surface area contributed by atoms with E-state index in [0.717, 1.165) is 18.6 Å². The van der Waals surface area contributed by atoms with Crippen molar-refractivity contribution in [2.24, 2.45) is 5.41 Å². The van der Waals surface area contributed by atoms with Gasteiger partial charge in [-0.3, -0.25) is 4.79 Å². The zero-order valence-corrected chi connectivity index (χ0v) is 8.99. The quantitative estimate of drug-likeness (QED) is 0.532. The maximum atomic E-state index is 11.3. The van der Waals surface area contributed by atoms with E-state index < -0.39 is 0 Å². The van der Waals surface area contributed by atoms with Gasteiger partial charge in [-0.2, -0.15) is 12.6 Å². The van der Waals surface area contributed by atoms with E-state index in [2.05, 4.69) is 12.6 Å². The van der Waals surface area contributed by atoms with Crippen molar-refractivity contribution in [3.63, 3.8) is 0 Å². The lowest BCUT2D eigenvalue weighted by Gasteiger charge is -2.21.